The van der Waals surface area contributed by atoms with Crippen molar-refractivity contribution in [3.05, 3.63) is 0 Å². The number of carboxylic acid groups (broad SMARTS) is 1. The number of carbonyl (C=O) groups excluding carboxylic acids is 1. The molecule has 1 aliphatic carbocycles. The molecule has 4 nitrogen and oxygen atoms in total. The van der Waals surface area contributed by atoms with E-state index in [0.717, 1.165) is 19.3 Å². The molecule has 1 N–H and O–H groups in total. The molecule has 0 spiro atoms. The molecule has 0 aromatic heterocycles. The van der Waals surface area contributed by atoms with E-state index >= 15 is 0 Å². The zero-order valence-electron chi connectivity index (χ0n) is 10.4. The van der Waals surface area contributed by atoms with Gasteiger partial charge in [0.25, 0.3) is 0 Å². The standard InChI is InChI=1S/C13H21NO3/c1-9-5-6-11(13(16)17)8-14(9)12(15)7-10-3-2-4-10/h9-11H,2-8H2,1H3,(H,16,17). The van der Waals surface area contributed by atoms with Crippen LogP contribution in [0, 0.1) is 11.8 Å². The van der Waals surface area contributed by atoms with Crippen LogP contribution in [0.2, 0.25) is 0 Å². The summed E-state index contributed by atoms with van der Waals surface area (Å²) < 4.78 is 0. The highest BCUT2D eigenvalue weighted by atomic mass is 16.4. The van der Waals surface area contributed by atoms with E-state index in [1.165, 1.54) is 6.42 Å². The predicted molar refractivity (Wildman–Crippen MR) is 63.5 cm³/mol. The second kappa shape index (κ2) is 5.07. The Morgan fingerprint density at radius 3 is 2.47 bits per heavy atom. The zero-order chi connectivity index (χ0) is 12.4. The van der Waals surface area contributed by atoms with Gasteiger partial charge in [0, 0.05) is 19.0 Å². The molecule has 0 bridgehead atoms. The number of nitrogens with zero attached hydrogens (tertiary/aromatic N) is 1. The van der Waals surface area contributed by atoms with Crippen molar-refractivity contribution < 1.29 is 14.7 Å². The van der Waals surface area contributed by atoms with Gasteiger partial charge in [0.15, 0.2) is 0 Å². The highest BCUT2D eigenvalue weighted by Gasteiger charge is 2.33. The van der Waals surface area contributed by atoms with E-state index in [9.17, 15) is 9.59 Å². The first kappa shape index (κ1) is 12.4. The first-order valence-electron chi connectivity index (χ1n) is 6.60. The van der Waals surface area contributed by atoms with Crippen molar-refractivity contribution >= 4 is 11.9 Å². The van der Waals surface area contributed by atoms with E-state index < -0.39 is 5.97 Å². The highest BCUT2D eigenvalue weighted by Crippen LogP contribution is 2.31. The molecule has 0 aromatic rings. The van der Waals surface area contributed by atoms with Crippen molar-refractivity contribution in [2.24, 2.45) is 11.8 Å². The first-order chi connectivity index (χ1) is 8.08. The maximum Gasteiger partial charge on any atom is 0.308 e. The average Bonchev–Trinajstić information content (AvgIpc) is 2.23. The second-order valence-corrected chi connectivity index (χ2v) is 5.51. The molecule has 2 unspecified atom stereocenters. The van der Waals surface area contributed by atoms with E-state index in [1.54, 1.807) is 4.90 Å². The predicted octanol–water partition coefficient (Wildman–Crippen LogP) is 1.89. The SMILES string of the molecule is CC1CCC(C(=O)O)CN1C(=O)CC1CCC1. The number of carboxylic acids is 1. The lowest BCUT2D eigenvalue weighted by atomic mass is 9.82. The van der Waals surface area contributed by atoms with Crippen LogP contribution in [0.1, 0.15) is 45.4 Å². The van der Waals surface area contributed by atoms with E-state index in [-0.39, 0.29) is 17.9 Å². The number of rotatable bonds is 3. The lowest BCUT2D eigenvalue weighted by molar-refractivity contribution is -0.147. The normalized spacial score (nSPS) is 29.8. The van der Waals surface area contributed by atoms with Gasteiger partial charge in [0.2, 0.25) is 5.91 Å². The van der Waals surface area contributed by atoms with Crippen LogP contribution in [-0.2, 0) is 9.59 Å². The van der Waals surface area contributed by atoms with Crippen molar-refractivity contribution in [3.63, 3.8) is 0 Å². The van der Waals surface area contributed by atoms with E-state index in [2.05, 4.69) is 0 Å². The molecule has 1 aliphatic heterocycles. The van der Waals surface area contributed by atoms with E-state index in [4.69, 9.17) is 5.11 Å². The van der Waals surface area contributed by atoms with Crippen LogP contribution in [0.15, 0.2) is 0 Å². The van der Waals surface area contributed by atoms with Gasteiger partial charge in [0.05, 0.1) is 5.92 Å². The summed E-state index contributed by atoms with van der Waals surface area (Å²) >= 11 is 0. The number of likely N-dealkylation sites (tertiary alicyclic amines) is 1. The Morgan fingerprint density at radius 2 is 1.94 bits per heavy atom. The van der Waals surface area contributed by atoms with Crippen LogP contribution >= 0.6 is 0 Å². The third-order valence-electron chi connectivity index (χ3n) is 4.24. The summed E-state index contributed by atoms with van der Waals surface area (Å²) in [5.41, 5.74) is 0. The van der Waals surface area contributed by atoms with E-state index in [1.807, 2.05) is 6.92 Å². The van der Waals surface area contributed by atoms with Gasteiger partial charge >= 0.3 is 5.97 Å². The smallest absolute Gasteiger partial charge is 0.308 e. The summed E-state index contributed by atoms with van der Waals surface area (Å²) in [6.45, 7) is 2.43. The molecule has 4 heteroatoms. The van der Waals surface area contributed by atoms with Gasteiger partial charge in [0.1, 0.15) is 0 Å². The Balaban J connectivity index is 1.91. The van der Waals surface area contributed by atoms with Crippen molar-refractivity contribution in [1.29, 1.82) is 0 Å². The third kappa shape index (κ3) is 2.79. The summed E-state index contributed by atoms with van der Waals surface area (Å²) in [6.07, 6.45) is 5.70. The number of hydrogen-bond acceptors (Lipinski definition) is 2. The summed E-state index contributed by atoms with van der Waals surface area (Å²) in [5, 5.41) is 9.03. The molecule has 1 saturated carbocycles. The van der Waals surface area contributed by atoms with Crippen LogP contribution in [0.3, 0.4) is 0 Å². The Hall–Kier alpha value is -1.06. The highest BCUT2D eigenvalue weighted by molar-refractivity contribution is 5.78. The number of aliphatic carboxylic acids is 1. The van der Waals surface area contributed by atoms with Gasteiger partial charge in [-0.25, -0.2) is 0 Å². The Morgan fingerprint density at radius 1 is 1.24 bits per heavy atom. The molecule has 0 radical (unpaired) electrons. The zero-order valence-corrected chi connectivity index (χ0v) is 10.4. The maximum absolute atomic E-state index is 12.1. The molecule has 2 rings (SSSR count). The summed E-state index contributed by atoms with van der Waals surface area (Å²) in [5.74, 6) is -0.414. The Bertz CT molecular complexity index is 312. The molecule has 17 heavy (non-hydrogen) atoms. The van der Waals surface area contributed by atoms with Crippen LogP contribution < -0.4 is 0 Å². The topological polar surface area (TPSA) is 57.6 Å². The molecular weight excluding hydrogens is 218 g/mol. The van der Waals surface area contributed by atoms with Crippen LogP contribution in [-0.4, -0.2) is 34.5 Å². The Kier molecular flexibility index (Phi) is 3.69. The van der Waals surface area contributed by atoms with Crippen molar-refractivity contribution in [2.75, 3.05) is 6.54 Å². The van der Waals surface area contributed by atoms with E-state index in [0.29, 0.717) is 25.3 Å². The summed E-state index contributed by atoms with van der Waals surface area (Å²) in [6, 6.07) is 0.207. The van der Waals surface area contributed by atoms with Crippen LogP contribution in [0.4, 0.5) is 0 Å². The van der Waals surface area contributed by atoms with Crippen molar-refractivity contribution in [3.8, 4) is 0 Å². The molecule has 1 saturated heterocycles. The lowest BCUT2D eigenvalue weighted by Gasteiger charge is -2.38. The maximum atomic E-state index is 12.1. The third-order valence-corrected chi connectivity index (χ3v) is 4.24. The van der Waals surface area contributed by atoms with Gasteiger partial charge in [-0.2, -0.15) is 0 Å². The van der Waals surface area contributed by atoms with Gasteiger partial charge < -0.3 is 10.0 Å². The fourth-order valence-electron chi connectivity index (χ4n) is 2.72. The molecule has 0 aromatic carbocycles. The van der Waals surface area contributed by atoms with Crippen molar-refractivity contribution in [2.45, 2.75) is 51.5 Å². The number of carbonyl (C=O) groups is 2. The van der Waals surface area contributed by atoms with Gasteiger partial charge in [-0.3, -0.25) is 9.59 Å². The molecule has 1 amide bonds. The largest absolute Gasteiger partial charge is 0.481 e. The minimum atomic E-state index is -0.765. The summed E-state index contributed by atoms with van der Waals surface area (Å²) in [4.78, 5) is 24.9. The lowest BCUT2D eigenvalue weighted by Crippen LogP contribution is -2.48. The number of piperidine rings is 1. The number of amides is 1. The molecule has 1 heterocycles. The fraction of sp³-hybridized carbons (Fsp3) is 0.846. The molecule has 2 atom stereocenters. The number of hydrogen-bond donors (Lipinski definition) is 1. The average molecular weight is 239 g/mol. The Labute approximate surface area is 102 Å². The van der Waals surface area contributed by atoms with Gasteiger partial charge in [-0.05, 0) is 38.5 Å². The second-order valence-electron chi connectivity index (χ2n) is 5.51. The van der Waals surface area contributed by atoms with Crippen LogP contribution in [0.5, 0.6) is 0 Å². The quantitative estimate of drug-likeness (QED) is 0.818. The monoisotopic (exact) mass is 239 g/mol. The van der Waals surface area contributed by atoms with Gasteiger partial charge in [-0.15, -0.1) is 0 Å². The van der Waals surface area contributed by atoms with Crippen LogP contribution in [0.25, 0.3) is 0 Å². The summed E-state index contributed by atoms with van der Waals surface area (Å²) in [7, 11) is 0. The van der Waals surface area contributed by atoms with Gasteiger partial charge in [-0.1, -0.05) is 6.42 Å². The first-order valence-corrected chi connectivity index (χ1v) is 6.60. The van der Waals surface area contributed by atoms with Crippen molar-refractivity contribution in [1.82, 2.24) is 4.90 Å². The minimum Gasteiger partial charge on any atom is -0.481 e. The molecular formula is C13H21NO3. The fourth-order valence-corrected chi connectivity index (χ4v) is 2.72. The molecule has 2 fully saturated rings. The molecule has 96 valence electrons. The minimum absolute atomic E-state index is 0.160. The molecule has 2 aliphatic rings.